The summed E-state index contributed by atoms with van der Waals surface area (Å²) >= 11 is 6.97. The molecule has 0 saturated heterocycles. The van der Waals surface area contributed by atoms with E-state index in [1.54, 1.807) is 45.0 Å². The van der Waals surface area contributed by atoms with E-state index in [1.807, 2.05) is 0 Å². The van der Waals surface area contributed by atoms with Gasteiger partial charge in [-0.1, -0.05) is 35.1 Å². The van der Waals surface area contributed by atoms with Crippen LogP contribution < -0.4 is 5.32 Å². The fourth-order valence-corrected chi connectivity index (χ4v) is 2.82. The molecule has 6 nitrogen and oxygen atoms in total. The van der Waals surface area contributed by atoms with Crippen molar-refractivity contribution >= 4 is 40.0 Å². The number of halogens is 1. The highest BCUT2D eigenvalue weighted by Crippen LogP contribution is 2.33. The first kappa shape index (κ1) is 17.2. The van der Waals surface area contributed by atoms with Crippen LogP contribution in [0, 0.1) is 0 Å². The Morgan fingerprint density at radius 1 is 1.35 bits per heavy atom. The van der Waals surface area contributed by atoms with Crippen LogP contribution in [0.3, 0.4) is 0 Å². The van der Waals surface area contributed by atoms with Gasteiger partial charge in [0.25, 0.3) is 0 Å². The normalized spacial score (nSPS) is 11.1. The number of benzene rings is 1. The smallest absolute Gasteiger partial charge is 0.412 e. The van der Waals surface area contributed by atoms with Crippen LogP contribution in [0.1, 0.15) is 31.3 Å². The number of thiazole rings is 1. The summed E-state index contributed by atoms with van der Waals surface area (Å²) in [6.07, 6.45) is -0.735. The SMILES string of the molecule is CC(C)(C)OC(=O)Nc1sc(-c2cccc(Cl)c2)nc1C(=O)O. The summed E-state index contributed by atoms with van der Waals surface area (Å²) in [5.41, 5.74) is -0.258. The molecule has 2 N–H and O–H groups in total. The lowest BCUT2D eigenvalue weighted by Crippen LogP contribution is -2.27. The first-order valence-electron chi connectivity index (χ1n) is 6.66. The first-order chi connectivity index (χ1) is 10.7. The molecule has 0 unspecified atom stereocenters. The third kappa shape index (κ3) is 4.67. The van der Waals surface area contributed by atoms with Crippen molar-refractivity contribution in [2.45, 2.75) is 26.4 Å². The Balaban J connectivity index is 2.32. The summed E-state index contributed by atoms with van der Waals surface area (Å²) in [4.78, 5) is 27.2. The van der Waals surface area contributed by atoms with Gasteiger partial charge in [0.05, 0.1) is 0 Å². The van der Waals surface area contributed by atoms with Crippen LogP contribution in [0.5, 0.6) is 0 Å². The zero-order valence-electron chi connectivity index (χ0n) is 12.7. The minimum absolute atomic E-state index is 0.113. The molecule has 23 heavy (non-hydrogen) atoms. The number of carboxylic acids is 1. The van der Waals surface area contributed by atoms with Crippen LogP contribution in [0.15, 0.2) is 24.3 Å². The number of aromatic carboxylic acids is 1. The van der Waals surface area contributed by atoms with Crippen molar-refractivity contribution in [2.24, 2.45) is 0 Å². The van der Waals surface area contributed by atoms with E-state index in [-0.39, 0.29) is 10.7 Å². The lowest BCUT2D eigenvalue weighted by Gasteiger charge is -2.19. The molecule has 0 saturated carbocycles. The number of amides is 1. The summed E-state index contributed by atoms with van der Waals surface area (Å²) in [5.74, 6) is -1.24. The Hall–Kier alpha value is -2.12. The van der Waals surface area contributed by atoms with E-state index in [9.17, 15) is 14.7 Å². The number of rotatable bonds is 3. The van der Waals surface area contributed by atoms with E-state index in [0.29, 0.717) is 15.6 Å². The number of anilines is 1. The largest absolute Gasteiger partial charge is 0.476 e. The predicted octanol–water partition coefficient (Wildman–Crippen LogP) is 4.51. The van der Waals surface area contributed by atoms with Crippen molar-refractivity contribution in [1.29, 1.82) is 0 Å². The average Bonchev–Trinajstić information content (AvgIpc) is 2.80. The lowest BCUT2D eigenvalue weighted by atomic mass is 10.2. The fraction of sp³-hybridized carbons (Fsp3) is 0.267. The molecule has 0 fully saturated rings. The summed E-state index contributed by atoms with van der Waals surface area (Å²) < 4.78 is 5.13. The summed E-state index contributed by atoms with van der Waals surface area (Å²) in [6, 6.07) is 6.87. The molecule has 0 bridgehead atoms. The molecule has 0 radical (unpaired) electrons. The average molecular weight is 355 g/mol. The Kier molecular flexibility index (Phi) is 4.91. The van der Waals surface area contributed by atoms with Gasteiger partial charge in [-0.15, -0.1) is 0 Å². The van der Waals surface area contributed by atoms with Gasteiger partial charge in [-0.25, -0.2) is 14.6 Å². The fourth-order valence-electron chi connectivity index (χ4n) is 1.69. The summed E-state index contributed by atoms with van der Waals surface area (Å²) in [5, 5.41) is 12.7. The highest BCUT2D eigenvalue weighted by molar-refractivity contribution is 7.19. The van der Waals surface area contributed by atoms with Gasteiger partial charge in [0, 0.05) is 10.6 Å². The summed E-state index contributed by atoms with van der Waals surface area (Å²) in [7, 11) is 0. The number of hydrogen-bond donors (Lipinski definition) is 2. The molecule has 1 heterocycles. The highest BCUT2D eigenvalue weighted by Gasteiger charge is 2.23. The van der Waals surface area contributed by atoms with Crippen molar-refractivity contribution in [1.82, 2.24) is 4.98 Å². The van der Waals surface area contributed by atoms with Crippen LogP contribution in [0.2, 0.25) is 5.02 Å². The van der Waals surface area contributed by atoms with Gasteiger partial charge in [0.15, 0.2) is 5.69 Å². The van der Waals surface area contributed by atoms with E-state index >= 15 is 0 Å². The van der Waals surface area contributed by atoms with E-state index in [4.69, 9.17) is 16.3 Å². The van der Waals surface area contributed by atoms with Gasteiger partial charge in [-0.2, -0.15) is 0 Å². The van der Waals surface area contributed by atoms with E-state index in [0.717, 1.165) is 11.3 Å². The van der Waals surface area contributed by atoms with E-state index in [2.05, 4.69) is 10.3 Å². The number of nitrogens with zero attached hydrogens (tertiary/aromatic N) is 1. The molecule has 122 valence electrons. The number of aromatic nitrogens is 1. The van der Waals surface area contributed by atoms with Gasteiger partial charge in [-0.05, 0) is 32.9 Å². The molecule has 1 aromatic heterocycles. The van der Waals surface area contributed by atoms with Crippen LogP contribution in [0.4, 0.5) is 9.80 Å². The second-order valence-corrected chi connectivity index (χ2v) is 7.07. The van der Waals surface area contributed by atoms with E-state index < -0.39 is 17.7 Å². The van der Waals surface area contributed by atoms with Crippen molar-refractivity contribution < 1.29 is 19.4 Å². The zero-order valence-corrected chi connectivity index (χ0v) is 14.3. The number of carbonyl (C=O) groups excluding carboxylic acids is 1. The van der Waals surface area contributed by atoms with Gasteiger partial charge in [0.1, 0.15) is 15.6 Å². The van der Waals surface area contributed by atoms with E-state index in [1.165, 1.54) is 0 Å². The molecule has 0 aliphatic carbocycles. The molecule has 1 amide bonds. The second-order valence-electron chi connectivity index (χ2n) is 5.64. The Bertz CT molecular complexity index is 752. The molecule has 0 spiro atoms. The Labute approximate surface area is 142 Å². The molecular formula is C15H15ClN2O4S. The van der Waals surface area contributed by atoms with Gasteiger partial charge in [-0.3, -0.25) is 5.32 Å². The molecule has 2 rings (SSSR count). The monoisotopic (exact) mass is 354 g/mol. The van der Waals surface area contributed by atoms with Crippen molar-refractivity contribution in [3.63, 3.8) is 0 Å². The molecule has 1 aromatic carbocycles. The van der Waals surface area contributed by atoms with Crippen LogP contribution in [-0.2, 0) is 4.74 Å². The first-order valence-corrected chi connectivity index (χ1v) is 7.85. The van der Waals surface area contributed by atoms with Crippen LogP contribution in [0.25, 0.3) is 10.6 Å². The number of ether oxygens (including phenoxy) is 1. The molecule has 8 heteroatoms. The Morgan fingerprint density at radius 2 is 2.04 bits per heavy atom. The molecule has 0 atom stereocenters. The minimum Gasteiger partial charge on any atom is -0.476 e. The van der Waals surface area contributed by atoms with Crippen LogP contribution in [-0.4, -0.2) is 27.8 Å². The lowest BCUT2D eigenvalue weighted by molar-refractivity contribution is 0.0636. The maximum absolute atomic E-state index is 11.8. The minimum atomic E-state index is -1.24. The molecular weight excluding hydrogens is 340 g/mol. The number of carbonyl (C=O) groups is 2. The van der Waals surface area contributed by atoms with Gasteiger partial charge in [0.2, 0.25) is 0 Å². The maximum Gasteiger partial charge on any atom is 0.412 e. The zero-order chi connectivity index (χ0) is 17.2. The Morgan fingerprint density at radius 3 is 2.61 bits per heavy atom. The third-order valence-electron chi connectivity index (χ3n) is 2.52. The quantitative estimate of drug-likeness (QED) is 0.846. The number of hydrogen-bond acceptors (Lipinski definition) is 5. The summed E-state index contributed by atoms with van der Waals surface area (Å²) in [6.45, 7) is 5.15. The molecule has 0 aliphatic heterocycles. The highest BCUT2D eigenvalue weighted by atomic mass is 35.5. The van der Waals surface area contributed by atoms with Gasteiger partial charge < -0.3 is 9.84 Å². The standard InChI is InChI=1S/C15H15ClN2O4S/c1-15(2,3)22-14(21)18-12-10(13(19)20)17-11(23-12)8-5-4-6-9(16)7-8/h4-7H,1-3H3,(H,18,21)(H,19,20). The second kappa shape index (κ2) is 6.55. The van der Waals surface area contributed by atoms with Crippen molar-refractivity contribution in [3.05, 3.63) is 35.0 Å². The number of carboxylic acid groups (broad SMARTS) is 1. The third-order valence-corrected chi connectivity index (χ3v) is 3.77. The molecule has 0 aliphatic rings. The topological polar surface area (TPSA) is 88.5 Å². The van der Waals surface area contributed by atoms with Gasteiger partial charge >= 0.3 is 12.1 Å². The van der Waals surface area contributed by atoms with Crippen molar-refractivity contribution in [2.75, 3.05) is 5.32 Å². The maximum atomic E-state index is 11.8. The van der Waals surface area contributed by atoms with Crippen molar-refractivity contribution in [3.8, 4) is 10.6 Å². The predicted molar refractivity (Wildman–Crippen MR) is 89.4 cm³/mol. The molecule has 2 aromatic rings. The number of nitrogens with one attached hydrogen (secondary N) is 1. The van der Waals surface area contributed by atoms with Crippen LogP contribution >= 0.6 is 22.9 Å².